The number of rotatable bonds is 2. The molecule has 2 aliphatic carbocycles. The smallest absolute Gasteiger partial charge is 0.124 e. The van der Waals surface area contributed by atoms with Gasteiger partial charge in [-0.1, -0.05) is 17.7 Å². The number of benzene rings is 1. The van der Waals surface area contributed by atoms with Crippen LogP contribution in [0.2, 0.25) is 0 Å². The van der Waals surface area contributed by atoms with Crippen molar-refractivity contribution in [3.8, 4) is 0 Å². The molecule has 2 aliphatic rings. The van der Waals surface area contributed by atoms with Gasteiger partial charge in [-0.25, -0.2) is 12.8 Å². The van der Waals surface area contributed by atoms with Crippen LogP contribution < -0.4 is 0 Å². The number of hydrogen-bond donors (Lipinski definition) is 0. The van der Waals surface area contributed by atoms with Crippen molar-refractivity contribution < 1.29 is 17.4 Å². The third kappa shape index (κ3) is 2.19. The van der Waals surface area contributed by atoms with Crippen molar-refractivity contribution >= 4 is 10.1 Å². The average Bonchev–Trinajstić information content (AvgIpc) is 2.85. The van der Waals surface area contributed by atoms with Crippen LogP contribution in [-0.4, -0.2) is 19.1 Å². The molecule has 4 atom stereocenters. The second kappa shape index (κ2) is 4.28. The van der Waals surface area contributed by atoms with Crippen molar-refractivity contribution in [3.05, 3.63) is 29.3 Å². The van der Waals surface area contributed by atoms with E-state index in [-0.39, 0.29) is 16.7 Å². The lowest BCUT2D eigenvalue weighted by atomic mass is 9.82. The molecule has 0 aromatic heterocycles. The summed E-state index contributed by atoms with van der Waals surface area (Å²) in [6.45, 7) is 1.85. The Balaban J connectivity index is 2.08. The zero-order valence-corrected chi connectivity index (χ0v) is 11.5. The molecule has 3 nitrogen and oxygen atoms in total. The minimum atomic E-state index is -4.49. The largest absolute Gasteiger partial charge is 0.744 e. The SMILES string of the molecule is Cc1ccc(S(=O)(=O)[O-])c(C2CC3CC(F)C2C3)c1. The molecule has 4 unspecified atom stereocenters. The van der Waals surface area contributed by atoms with Gasteiger partial charge in [0.25, 0.3) is 0 Å². The van der Waals surface area contributed by atoms with Crippen molar-refractivity contribution in [1.82, 2.24) is 0 Å². The Bertz CT molecular complexity index is 611. The van der Waals surface area contributed by atoms with Gasteiger partial charge in [0.05, 0.1) is 4.90 Å². The van der Waals surface area contributed by atoms with Crippen LogP contribution >= 0.6 is 0 Å². The molecule has 0 radical (unpaired) electrons. The Morgan fingerprint density at radius 3 is 2.58 bits per heavy atom. The Morgan fingerprint density at radius 2 is 2.00 bits per heavy atom. The van der Waals surface area contributed by atoms with Crippen molar-refractivity contribution in [2.75, 3.05) is 0 Å². The Hall–Kier alpha value is -0.940. The Morgan fingerprint density at radius 1 is 1.26 bits per heavy atom. The van der Waals surface area contributed by atoms with E-state index in [0.29, 0.717) is 17.9 Å². The molecule has 1 aromatic carbocycles. The van der Waals surface area contributed by atoms with Crippen molar-refractivity contribution in [3.63, 3.8) is 0 Å². The van der Waals surface area contributed by atoms with Gasteiger partial charge < -0.3 is 4.55 Å². The van der Waals surface area contributed by atoms with Crippen LogP contribution in [0, 0.1) is 18.8 Å². The van der Waals surface area contributed by atoms with E-state index in [0.717, 1.165) is 18.4 Å². The maximum atomic E-state index is 13.9. The summed E-state index contributed by atoms with van der Waals surface area (Å²) < 4.78 is 47.9. The highest BCUT2D eigenvalue weighted by Crippen LogP contribution is 2.55. The van der Waals surface area contributed by atoms with Gasteiger partial charge in [0.2, 0.25) is 0 Å². The predicted molar refractivity (Wildman–Crippen MR) is 67.6 cm³/mol. The first-order valence-corrected chi connectivity index (χ1v) is 7.97. The van der Waals surface area contributed by atoms with Gasteiger partial charge in [-0.05, 0) is 55.6 Å². The summed E-state index contributed by atoms with van der Waals surface area (Å²) in [7, 11) is -4.49. The Kier molecular flexibility index (Phi) is 2.94. The molecule has 0 amide bonds. The molecular weight excluding hydrogens is 267 g/mol. The minimum Gasteiger partial charge on any atom is -0.744 e. The third-order valence-electron chi connectivity index (χ3n) is 4.57. The molecule has 1 aromatic rings. The van der Waals surface area contributed by atoms with Crippen LogP contribution in [0.25, 0.3) is 0 Å². The summed E-state index contributed by atoms with van der Waals surface area (Å²) in [5.74, 6) is 0.104. The Labute approximate surface area is 112 Å². The lowest BCUT2D eigenvalue weighted by Gasteiger charge is -2.27. The zero-order chi connectivity index (χ0) is 13.8. The van der Waals surface area contributed by atoms with Crippen LogP contribution in [0.1, 0.15) is 36.3 Å². The molecule has 0 N–H and O–H groups in total. The van der Waals surface area contributed by atoms with Crippen molar-refractivity contribution in [1.29, 1.82) is 0 Å². The molecule has 3 rings (SSSR count). The first kappa shape index (κ1) is 13.1. The standard InChI is InChI=1S/C14H17FO3S/c1-8-2-3-14(19(16,17)18)12(4-8)10-5-9-6-11(10)13(15)7-9/h2-4,9-11,13H,5-7H2,1H3,(H,16,17,18)/p-1. The molecule has 0 aliphatic heterocycles. The van der Waals surface area contributed by atoms with Gasteiger partial charge in [-0.2, -0.15) is 0 Å². The van der Waals surface area contributed by atoms with Gasteiger partial charge in [0.15, 0.2) is 0 Å². The second-order valence-electron chi connectivity index (χ2n) is 5.85. The van der Waals surface area contributed by atoms with Gasteiger partial charge >= 0.3 is 0 Å². The van der Waals surface area contributed by atoms with Crippen LogP contribution in [0.5, 0.6) is 0 Å². The summed E-state index contributed by atoms with van der Waals surface area (Å²) in [5, 5.41) is 0. The van der Waals surface area contributed by atoms with Gasteiger partial charge in [0.1, 0.15) is 16.3 Å². The molecule has 2 fully saturated rings. The van der Waals surface area contributed by atoms with E-state index in [1.807, 2.05) is 6.92 Å². The highest BCUT2D eigenvalue weighted by molar-refractivity contribution is 7.85. The summed E-state index contributed by atoms with van der Waals surface area (Å²) >= 11 is 0. The van der Waals surface area contributed by atoms with Gasteiger partial charge in [-0.3, -0.25) is 0 Å². The summed E-state index contributed by atoms with van der Waals surface area (Å²) in [4.78, 5) is -0.164. The number of alkyl halides is 1. The van der Waals surface area contributed by atoms with Crippen molar-refractivity contribution in [2.24, 2.45) is 11.8 Å². The summed E-state index contributed by atoms with van der Waals surface area (Å²) in [6, 6.07) is 4.73. The molecule has 0 spiro atoms. The highest BCUT2D eigenvalue weighted by atomic mass is 32.2. The topological polar surface area (TPSA) is 57.2 Å². The van der Waals surface area contributed by atoms with E-state index in [9.17, 15) is 17.4 Å². The second-order valence-corrected chi connectivity index (χ2v) is 7.20. The first-order valence-electron chi connectivity index (χ1n) is 6.57. The first-order chi connectivity index (χ1) is 8.86. The maximum absolute atomic E-state index is 13.9. The lowest BCUT2D eigenvalue weighted by Crippen LogP contribution is -2.21. The number of aryl methyl sites for hydroxylation is 1. The fourth-order valence-corrected chi connectivity index (χ4v) is 4.54. The van der Waals surface area contributed by atoms with Crippen molar-refractivity contribution in [2.45, 2.75) is 43.2 Å². The fraction of sp³-hybridized carbons (Fsp3) is 0.571. The van der Waals surface area contributed by atoms with Crippen LogP contribution in [0.15, 0.2) is 23.1 Å². The molecule has 2 bridgehead atoms. The van der Waals surface area contributed by atoms with E-state index < -0.39 is 16.3 Å². The van der Waals surface area contributed by atoms with E-state index in [1.165, 1.54) is 6.07 Å². The lowest BCUT2D eigenvalue weighted by molar-refractivity contribution is 0.208. The maximum Gasteiger partial charge on any atom is 0.124 e. The molecular formula is C14H16FO3S-. The quantitative estimate of drug-likeness (QED) is 0.784. The van der Waals surface area contributed by atoms with Crippen LogP contribution in [0.3, 0.4) is 0 Å². The molecule has 19 heavy (non-hydrogen) atoms. The van der Waals surface area contributed by atoms with E-state index in [4.69, 9.17) is 0 Å². The number of hydrogen-bond acceptors (Lipinski definition) is 3. The predicted octanol–water partition coefficient (Wildman–Crippen LogP) is 2.75. The fourth-order valence-electron chi connectivity index (χ4n) is 3.81. The van der Waals surface area contributed by atoms with Gasteiger partial charge in [-0.15, -0.1) is 0 Å². The normalized spacial score (nSPS) is 33.8. The number of halogens is 1. The van der Waals surface area contributed by atoms with E-state index in [1.54, 1.807) is 12.1 Å². The molecule has 0 saturated heterocycles. The molecule has 104 valence electrons. The molecule has 0 heterocycles. The van der Waals surface area contributed by atoms with Crippen LogP contribution in [0.4, 0.5) is 4.39 Å². The molecule has 2 saturated carbocycles. The minimum absolute atomic E-state index is 0.118. The zero-order valence-electron chi connectivity index (χ0n) is 10.7. The molecule has 5 heteroatoms. The third-order valence-corrected chi connectivity index (χ3v) is 5.48. The van der Waals surface area contributed by atoms with Crippen LogP contribution in [-0.2, 0) is 10.1 Å². The van der Waals surface area contributed by atoms with E-state index in [2.05, 4.69) is 0 Å². The summed E-state index contributed by atoms with van der Waals surface area (Å²) in [5.41, 5.74) is 1.44. The summed E-state index contributed by atoms with van der Waals surface area (Å²) in [6.07, 6.45) is 1.35. The number of fused-ring (bicyclic) bond motifs is 2. The van der Waals surface area contributed by atoms with E-state index >= 15 is 0 Å². The highest BCUT2D eigenvalue weighted by Gasteiger charge is 2.47. The van der Waals surface area contributed by atoms with Gasteiger partial charge in [0, 0.05) is 0 Å². The average molecular weight is 283 g/mol. The monoisotopic (exact) mass is 283 g/mol.